The minimum Gasteiger partial charge on any atom is -0.507 e. The van der Waals surface area contributed by atoms with Gasteiger partial charge >= 0.3 is 42.9 Å². The summed E-state index contributed by atoms with van der Waals surface area (Å²) in [7, 11) is -13.2. The molecule has 0 spiro atoms. The maximum Gasteiger partial charge on any atom is 0.362 e. The molecule has 3 unspecified atom stereocenters. The first kappa shape index (κ1) is 98.9. The smallest absolute Gasteiger partial charge is 0.362 e. The fourth-order valence-corrected chi connectivity index (χ4v) is 19.5. The van der Waals surface area contributed by atoms with Crippen molar-refractivity contribution in [3.05, 3.63) is 86.3 Å². The summed E-state index contributed by atoms with van der Waals surface area (Å²) >= 11 is 6.69. The van der Waals surface area contributed by atoms with Gasteiger partial charge in [0.1, 0.15) is 12.9 Å². The number of nitrogens with one attached hydrogen (secondary N) is 2. The number of phenols is 3. The van der Waals surface area contributed by atoms with Gasteiger partial charge in [-0.2, -0.15) is 60.5 Å². The number of Topliss-reactive ketones (excluding diaryl/α,β-unsaturated/α-hetero) is 3. The first-order chi connectivity index (χ1) is 56.1. The second-order valence-electron chi connectivity index (χ2n) is 27.2. The third-order valence-electron chi connectivity index (χ3n) is 17.5. The molecular weight excluding hydrogens is 1760 g/mol. The number of aliphatic carboxylic acids is 2. The Bertz CT molecular complexity index is 5080. The highest BCUT2D eigenvalue weighted by Crippen LogP contribution is 2.39. The highest BCUT2D eigenvalue weighted by molar-refractivity contribution is 7.99. The van der Waals surface area contributed by atoms with E-state index in [0.29, 0.717) is 43.4 Å². The summed E-state index contributed by atoms with van der Waals surface area (Å²) < 4.78 is 99.7. The maximum atomic E-state index is 13.5. The second-order valence-corrected chi connectivity index (χ2v) is 37.7. The van der Waals surface area contributed by atoms with E-state index in [2.05, 4.69) is 41.1 Å². The number of thiazole rings is 3. The Morgan fingerprint density at radius 3 is 1.31 bits per heavy atom. The number of carboxylic acids is 2. The molecule has 0 bridgehead atoms. The molecule has 43 nitrogen and oxygen atoms in total. The van der Waals surface area contributed by atoms with Crippen LogP contribution in [0.3, 0.4) is 0 Å². The lowest BCUT2D eigenvalue weighted by molar-refractivity contribution is -0.161. The summed E-state index contributed by atoms with van der Waals surface area (Å²) in [5, 5.41) is 65.9. The van der Waals surface area contributed by atoms with Gasteiger partial charge in [0.15, 0.2) is 61.4 Å². The molecule has 120 heavy (non-hydrogen) atoms. The largest absolute Gasteiger partial charge is 0.507 e. The van der Waals surface area contributed by atoms with E-state index in [4.69, 9.17) is 31.7 Å². The van der Waals surface area contributed by atoms with Crippen LogP contribution < -0.4 is 27.8 Å². The van der Waals surface area contributed by atoms with Crippen LogP contribution in [0.5, 0.6) is 17.2 Å². The van der Waals surface area contributed by atoms with Crippen molar-refractivity contribution >= 4 is 197 Å². The van der Waals surface area contributed by atoms with Gasteiger partial charge in [-0.15, -0.1) is 0 Å². The fourth-order valence-electron chi connectivity index (χ4n) is 11.1. The Kier molecular flexibility index (Phi) is 35.9. The first-order valence-electron chi connectivity index (χ1n) is 35.8. The summed E-state index contributed by atoms with van der Waals surface area (Å²) in [6, 6.07) is 5.65. The van der Waals surface area contributed by atoms with Gasteiger partial charge in [0, 0.05) is 80.5 Å². The highest BCUT2D eigenvalue weighted by atomic mass is 32.2. The van der Waals surface area contributed by atoms with Crippen molar-refractivity contribution in [1.29, 1.82) is 0 Å². The minimum atomic E-state index is -5.04. The van der Waals surface area contributed by atoms with Gasteiger partial charge in [0.25, 0.3) is 11.8 Å². The SMILES string of the molecule is CCCSC[C@H]1C(CC(=O)/C(=N\OC(C)(C)C(=O)O)c2cnc(N)s2)C(=O)N1S(=O)(=O)O.CCCSC[C@H]1C(CC(=O)/C(=N\OC)c2cnc(N)s2)C(=O)N1S(=O)(=O)O.Cc1cccc(C(=O)NCCCCN(CC(=O)NCCSC[C@H]2C(CC(=O)/C(=N\OC(C)(C)C(=O)O)c3cnc(N)s3)C(=O)N2S(=O)(=O)O)C(=O)c2cccc(O)c2O)c1O. The Labute approximate surface area is 712 Å². The molecule has 0 aliphatic carbocycles. The average molecular weight is 1850 g/mol. The van der Waals surface area contributed by atoms with Crippen molar-refractivity contribution in [1.82, 2.24) is 43.4 Å². The molecular formula is C68H89N15O28S9. The number of hydrogen-bond donors (Lipinski definition) is 13. The lowest BCUT2D eigenvalue weighted by atomic mass is 9.86. The van der Waals surface area contributed by atoms with Crippen LogP contribution in [0.1, 0.15) is 127 Å². The molecule has 3 aromatic heterocycles. The van der Waals surface area contributed by atoms with Gasteiger partial charge in [0.05, 0.1) is 68.2 Å². The standard InChI is InChI=1S/C37H45N7O14S3.C17H24N4O8S3.C14H20N4O6S3/c1-20-8-6-9-21(30(20)48)32(50)40-12-4-5-14-43(33(51)22-10-7-11-25(45)31(22)49)18-28(47)39-13-15-59-19-24-23(34(52)44(24)61(55,56)57)16-26(46)29(27-17-41-36(38)60-27)42-58-37(2,3)35(53)54;1-4-5-30-8-10-9(14(23)21(10)32(26,27)28)6-11(22)13(12-7-19-16(18)31-12)20-29-17(2,3)15(24)25;1-3-4-25-7-9-8(13(20)18(9)27(21,22)23)5-10(19)12(17-24-2)11-6-16-14(15)26-11/h6-11,17,23-24,45,48-49H,4-5,12-16,18-19H2,1-3H3,(H2,38,41)(H,39,47)(H,40,50)(H,53,54)(H,55,56,57);7,9-10H,4-6,8H2,1-3H3,(H2,18,19)(H,24,25)(H,26,27,28);6,8-9H,3-5,7H2,1-2H3,(H2,15,16)(H,21,22,23)/b42-29+;20-13+;17-12+/t23?,24-;9?,10-;8?,9-/m000/s1. The molecule has 52 heteroatoms. The molecule has 8 rings (SSSR count). The number of carboxylic acid groups (broad SMARTS) is 2. The number of carbonyl (C=O) groups excluding carboxylic acids is 9. The normalized spacial score (nSPS) is 17.7. The molecule has 6 heterocycles. The quantitative estimate of drug-likeness (QED) is 0.00664. The van der Waals surface area contributed by atoms with Gasteiger partial charge in [-0.05, 0) is 95.6 Å². The Morgan fingerprint density at radius 2 is 0.942 bits per heavy atom. The molecule has 5 aromatic rings. The minimum absolute atomic E-state index is 0.00476. The van der Waals surface area contributed by atoms with E-state index in [9.17, 15) is 117 Å². The van der Waals surface area contributed by atoms with E-state index in [1.807, 2.05) is 13.8 Å². The number of thioether (sulfide) groups is 3. The first-order valence-corrected chi connectivity index (χ1v) is 45.9. The Balaban J connectivity index is 0.000000314. The van der Waals surface area contributed by atoms with E-state index in [1.54, 1.807) is 19.1 Å². The number of anilines is 3. The van der Waals surface area contributed by atoms with Crippen LogP contribution >= 0.6 is 69.3 Å². The number of hydrogen-bond acceptors (Lipinski definition) is 38. The molecule has 3 aliphatic rings. The number of nitrogens with zero attached hydrogens (tertiary/aromatic N) is 10. The maximum absolute atomic E-state index is 13.5. The van der Waals surface area contributed by atoms with Gasteiger partial charge in [-0.25, -0.2) is 37.5 Å². The molecule has 16 N–H and O–H groups in total. The second kappa shape index (κ2) is 43.5. The van der Waals surface area contributed by atoms with Crippen LogP contribution in [0.15, 0.2) is 70.5 Å². The molecule has 3 saturated heterocycles. The summed E-state index contributed by atoms with van der Waals surface area (Å²) in [4.78, 5) is 167. The molecule has 658 valence electrons. The lowest BCUT2D eigenvalue weighted by Gasteiger charge is -2.43. The number of rotatable bonds is 44. The summed E-state index contributed by atoms with van der Waals surface area (Å²) in [6.45, 7) is 10.1. The highest BCUT2D eigenvalue weighted by Gasteiger charge is 2.56. The number of para-hydroxylation sites is 2. The summed E-state index contributed by atoms with van der Waals surface area (Å²) in [5.41, 5.74) is 12.9. The molecule has 0 radical (unpaired) electrons. The van der Waals surface area contributed by atoms with Crippen molar-refractivity contribution in [2.24, 2.45) is 33.2 Å². The number of phenolic OH excluding ortho intramolecular Hbond substituents is 3. The zero-order valence-corrected chi connectivity index (χ0v) is 72.7. The fraction of sp³-hybridized carbons (Fsp3) is 0.485. The predicted octanol–water partition coefficient (Wildman–Crippen LogP) is 3.37. The van der Waals surface area contributed by atoms with Crippen LogP contribution in [-0.4, -0.2) is 276 Å². The molecule has 6 amide bonds. The average Bonchev–Trinajstić information content (AvgIpc) is 0.790. The molecule has 3 fully saturated rings. The van der Waals surface area contributed by atoms with Crippen LogP contribution in [-0.2, 0) is 88.6 Å². The van der Waals surface area contributed by atoms with E-state index in [1.165, 1.54) is 101 Å². The monoisotopic (exact) mass is 1850 g/mol. The topological polar surface area (TPSA) is 671 Å². The lowest BCUT2D eigenvalue weighted by Crippen LogP contribution is -2.64. The number of benzene rings is 2. The molecule has 2 aromatic carbocycles. The van der Waals surface area contributed by atoms with Crippen LogP contribution in [0.4, 0.5) is 15.4 Å². The van der Waals surface area contributed by atoms with Gasteiger partial charge in [-0.3, -0.25) is 56.8 Å². The van der Waals surface area contributed by atoms with E-state index >= 15 is 0 Å². The van der Waals surface area contributed by atoms with E-state index in [0.717, 1.165) is 69.3 Å². The number of unbranched alkanes of at least 4 members (excludes halogenated alkanes) is 1. The number of oxime groups is 3. The van der Waals surface area contributed by atoms with Crippen molar-refractivity contribution in [2.75, 3.05) is 85.0 Å². The van der Waals surface area contributed by atoms with Gasteiger partial charge in [0.2, 0.25) is 34.8 Å². The summed E-state index contributed by atoms with van der Waals surface area (Å²) in [5.74, 6) is -11.9. The zero-order valence-electron chi connectivity index (χ0n) is 65.3. The number of aromatic hydroxyl groups is 3. The van der Waals surface area contributed by atoms with E-state index < -0.39 is 179 Å². The molecule has 3 aliphatic heterocycles. The number of amides is 6. The number of nitrogens with two attached hydrogens (primary N) is 3. The summed E-state index contributed by atoms with van der Waals surface area (Å²) in [6.07, 6.45) is 4.87. The van der Waals surface area contributed by atoms with Crippen LogP contribution in [0, 0.1) is 24.7 Å². The van der Waals surface area contributed by atoms with Crippen LogP contribution in [0.2, 0.25) is 0 Å². The number of aromatic nitrogens is 3. The number of nitrogen functional groups attached to an aromatic ring is 3. The Hall–Kier alpha value is -9.91. The number of aryl methyl sites for hydroxylation is 1. The Morgan fingerprint density at radius 1 is 0.558 bits per heavy atom. The van der Waals surface area contributed by atoms with E-state index in [-0.39, 0.29) is 101 Å². The van der Waals surface area contributed by atoms with Crippen molar-refractivity contribution in [3.63, 3.8) is 0 Å². The zero-order chi connectivity index (χ0) is 89.7. The van der Waals surface area contributed by atoms with Crippen molar-refractivity contribution in [2.45, 2.75) is 123 Å². The third-order valence-corrected chi connectivity index (χ3v) is 26.5. The van der Waals surface area contributed by atoms with Gasteiger partial charge in [-0.1, -0.05) is 81.5 Å². The number of ketones is 3. The van der Waals surface area contributed by atoms with Crippen molar-refractivity contribution < 1.29 is 132 Å². The van der Waals surface area contributed by atoms with Crippen molar-refractivity contribution in [3.8, 4) is 17.2 Å². The molecule has 0 saturated carbocycles. The third kappa shape index (κ3) is 26.5. The predicted molar refractivity (Wildman–Crippen MR) is 443 cm³/mol. The van der Waals surface area contributed by atoms with Gasteiger partial charge < -0.3 is 72.8 Å². The molecule has 6 atom stereocenters. The van der Waals surface area contributed by atoms with Crippen LogP contribution in [0.25, 0.3) is 0 Å². The number of carbonyl (C=O) groups is 11. The number of β-lactam (4-membered cyclic amide) rings is 3.